The maximum Gasteiger partial charge on any atom is 0.410 e. The smallest absolute Gasteiger partial charge is 0.410 e. The third kappa shape index (κ3) is 3.57. The lowest BCUT2D eigenvalue weighted by molar-refractivity contribution is -0.133. The molecule has 4 fully saturated rings. The molecule has 6 nitrogen and oxygen atoms in total. The summed E-state index contributed by atoms with van der Waals surface area (Å²) in [6.07, 6.45) is 8.54. The summed E-state index contributed by atoms with van der Waals surface area (Å²) in [5, 5.41) is 0. The molecule has 4 aliphatic heterocycles. The first-order valence-electron chi connectivity index (χ1n) is 10.6. The summed E-state index contributed by atoms with van der Waals surface area (Å²) >= 11 is 0. The zero-order valence-electron chi connectivity index (χ0n) is 16.1. The molecular weight excluding hydrogens is 330 g/mol. The molecule has 4 heterocycles. The molecule has 0 N–H and O–H groups in total. The number of hydrogen-bond donors (Lipinski definition) is 0. The van der Waals surface area contributed by atoms with E-state index in [1.165, 1.54) is 19.3 Å². The third-order valence-electron chi connectivity index (χ3n) is 6.85. The highest BCUT2D eigenvalue weighted by atomic mass is 16.6. The van der Waals surface area contributed by atoms with Crippen molar-refractivity contribution in [1.82, 2.24) is 14.7 Å². The van der Waals surface area contributed by atoms with Gasteiger partial charge in [0, 0.05) is 50.7 Å². The van der Waals surface area contributed by atoms with Crippen molar-refractivity contribution in [2.45, 2.75) is 76.4 Å². The molecule has 2 unspecified atom stereocenters. The van der Waals surface area contributed by atoms with E-state index in [2.05, 4.69) is 4.90 Å². The van der Waals surface area contributed by atoms with Gasteiger partial charge in [-0.3, -0.25) is 9.69 Å². The van der Waals surface area contributed by atoms with Crippen LogP contribution in [0.3, 0.4) is 0 Å². The van der Waals surface area contributed by atoms with Crippen LogP contribution in [0.4, 0.5) is 4.79 Å². The number of carbonyl (C=O) groups is 2. The van der Waals surface area contributed by atoms with Gasteiger partial charge in [-0.25, -0.2) is 4.79 Å². The maximum atomic E-state index is 12.3. The zero-order valence-corrected chi connectivity index (χ0v) is 16.1. The number of amides is 2. The number of rotatable bonds is 4. The van der Waals surface area contributed by atoms with Crippen molar-refractivity contribution in [2.24, 2.45) is 5.92 Å². The Morgan fingerprint density at radius 3 is 2.23 bits per heavy atom. The summed E-state index contributed by atoms with van der Waals surface area (Å²) in [6, 6.07) is 1.27. The summed E-state index contributed by atoms with van der Waals surface area (Å²) in [5.74, 6) is 0.896. The van der Waals surface area contributed by atoms with Crippen molar-refractivity contribution < 1.29 is 14.3 Å². The van der Waals surface area contributed by atoms with Crippen molar-refractivity contribution in [3.63, 3.8) is 0 Å². The topological polar surface area (TPSA) is 53.1 Å². The van der Waals surface area contributed by atoms with Crippen LogP contribution in [0.15, 0.2) is 0 Å². The molecule has 146 valence electrons. The molecule has 0 radical (unpaired) electrons. The van der Waals surface area contributed by atoms with Gasteiger partial charge in [0.15, 0.2) is 0 Å². The monoisotopic (exact) mass is 363 g/mol. The normalized spacial score (nSPS) is 32.4. The van der Waals surface area contributed by atoms with Gasteiger partial charge in [0.05, 0.1) is 6.61 Å². The molecule has 0 aliphatic carbocycles. The number of ether oxygens (including phenoxy) is 1. The van der Waals surface area contributed by atoms with Gasteiger partial charge in [-0.1, -0.05) is 0 Å². The van der Waals surface area contributed by atoms with Crippen LogP contribution >= 0.6 is 0 Å². The highest BCUT2D eigenvalue weighted by Gasteiger charge is 2.45. The van der Waals surface area contributed by atoms with E-state index in [9.17, 15) is 9.59 Å². The van der Waals surface area contributed by atoms with E-state index in [-0.39, 0.29) is 6.09 Å². The number of hydrogen-bond acceptors (Lipinski definition) is 4. The Bertz CT molecular complexity index is 514. The fraction of sp³-hybridized carbons (Fsp3) is 0.900. The minimum atomic E-state index is -0.113. The zero-order chi connectivity index (χ0) is 18.1. The van der Waals surface area contributed by atoms with E-state index in [1.54, 1.807) is 0 Å². The lowest BCUT2D eigenvalue weighted by Crippen LogP contribution is -2.62. The second-order valence-corrected chi connectivity index (χ2v) is 8.58. The van der Waals surface area contributed by atoms with Crippen LogP contribution in [0, 0.1) is 5.92 Å². The molecule has 4 aliphatic rings. The minimum absolute atomic E-state index is 0.113. The average Bonchev–Trinajstić information content (AvgIpc) is 3.11. The average molecular weight is 364 g/mol. The summed E-state index contributed by atoms with van der Waals surface area (Å²) in [5.41, 5.74) is 0. The number of piperidine rings is 2. The van der Waals surface area contributed by atoms with Crippen LogP contribution in [0.2, 0.25) is 0 Å². The number of fused-ring (bicyclic) bond motifs is 2. The van der Waals surface area contributed by atoms with Gasteiger partial charge in [-0.05, 0) is 57.8 Å². The van der Waals surface area contributed by atoms with E-state index < -0.39 is 0 Å². The Labute approximate surface area is 156 Å². The molecule has 6 heteroatoms. The summed E-state index contributed by atoms with van der Waals surface area (Å²) in [4.78, 5) is 31.3. The van der Waals surface area contributed by atoms with Gasteiger partial charge < -0.3 is 14.5 Å². The van der Waals surface area contributed by atoms with E-state index in [1.807, 2.05) is 16.7 Å². The van der Waals surface area contributed by atoms with Crippen LogP contribution < -0.4 is 0 Å². The molecule has 0 spiro atoms. The van der Waals surface area contributed by atoms with Crippen molar-refractivity contribution in [2.75, 3.05) is 32.8 Å². The van der Waals surface area contributed by atoms with Crippen LogP contribution in [0.5, 0.6) is 0 Å². The van der Waals surface area contributed by atoms with Gasteiger partial charge in [-0.15, -0.1) is 0 Å². The summed E-state index contributed by atoms with van der Waals surface area (Å²) in [6.45, 7) is 6.38. The molecule has 26 heavy (non-hydrogen) atoms. The van der Waals surface area contributed by atoms with Crippen molar-refractivity contribution >= 4 is 12.0 Å². The number of nitrogens with zero attached hydrogens (tertiary/aromatic N) is 3. The predicted octanol–water partition coefficient (Wildman–Crippen LogP) is 2.47. The van der Waals surface area contributed by atoms with Gasteiger partial charge in [0.1, 0.15) is 0 Å². The predicted molar refractivity (Wildman–Crippen MR) is 98.8 cm³/mol. The molecule has 0 aromatic rings. The van der Waals surface area contributed by atoms with Gasteiger partial charge >= 0.3 is 6.09 Å². The molecule has 2 atom stereocenters. The molecule has 0 aromatic carbocycles. The SMILES string of the molecule is CCOC(=O)N1C2CCCC1CC(N1CC(CC(=O)N3CCCC3)C1)C2. The number of carbonyl (C=O) groups excluding carboxylic acids is 2. The summed E-state index contributed by atoms with van der Waals surface area (Å²) in [7, 11) is 0. The molecule has 4 rings (SSSR count). The molecule has 0 aromatic heterocycles. The molecule has 2 amide bonds. The third-order valence-corrected chi connectivity index (χ3v) is 6.85. The Balaban J connectivity index is 1.27. The molecule has 2 bridgehead atoms. The lowest BCUT2D eigenvalue weighted by atomic mass is 9.79. The van der Waals surface area contributed by atoms with Crippen LogP contribution in [0.25, 0.3) is 0 Å². The standard InChI is InChI=1S/C20H33N3O3/c1-2-26-20(25)23-16-6-5-7-17(23)12-18(11-16)22-13-15(14-22)10-19(24)21-8-3-4-9-21/h15-18H,2-14H2,1H3. The van der Waals surface area contributed by atoms with Crippen LogP contribution in [-0.2, 0) is 9.53 Å². The second kappa shape index (κ2) is 7.75. The van der Waals surface area contributed by atoms with Crippen molar-refractivity contribution in [1.29, 1.82) is 0 Å². The van der Waals surface area contributed by atoms with E-state index in [4.69, 9.17) is 4.74 Å². The first-order valence-corrected chi connectivity index (χ1v) is 10.6. The quantitative estimate of drug-likeness (QED) is 0.770. The molecule has 0 saturated carbocycles. The van der Waals surface area contributed by atoms with E-state index in [0.29, 0.717) is 36.6 Å². The van der Waals surface area contributed by atoms with Crippen molar-refractivity contribution in [3.8, 4) is 0 Å². The highest BCUT2D eigenvalue weighted by Crippen LogP contribution is 2.38. The van der Waals surface area contributed by atoms with E-state index >= 15 is 0 Å². The number of likely N-dealkylation sites (tertiary alicyclic amines) is 2. The first-order chi connectivity index (χ1) is 12.7. The Morgan fingerprint density at radius 1 is 0.962 bits per heavy atom. The van der Waals surface area contributed by atoms with Crippen LogP contribution in [0.1, 0.15) is 58.3 Å². The first kappa shape index (κ1) is 18.1. The molecular formula is C20H33N3O3. The second-order valence-electron chi connectivity index (χ2n) is 8.58. The van der Waals surface area contributed by atoms with Gasteiger partial charge in [0.25, 0.3) is 0 Å². The highest BCUT2D eigenvalue weighted by molar-refractivity contribution is 5.76. The maximum absolute atomic E-state index is 12.3. The van der Waals surface area contributed by atoms with Crippen molar-refractivity contribution in [3.05, 3.63) is 0 Å². The van der Waals surface area contributed by atoms with Crippen LogP contribution in [-0.4, -0.2) is 77.6 Å². The Hall–Kier alpha value is -1.30. The fourth-order valence-corrected chi connectivity index (χ4v) is 5.53. The van der Waals surface area contributed by atoms with Gasteiger partial charge in [-0.2, -0.15) is 0 Å². The fourth-order valence-electron chi connectivity index (χ4n) is 5.53. The summed E-state index contributed by atoms with van der Waals surface area (Å²) < 4.78 is 5.29. The van der Waals surface area contributed by atoms with Gasteiger partial charge in [0.2, 0.25) is 5.91 Å². The Kier molecular flexibility index (Phi) is 5.39. The van der Waals surface area contributed by atoms with E-state index in [0.717, 1.165) is 58.3 Å². The lowest BCUT2D eigenvalue weighted by Gasteiger charge is -2.53. The largest absolute Gasteiger partial charge is 0.450 e. The minimum Gasteiger partial charge on any atom is -0.450 e. The molecule has 4 saturated heterocycles. The Morgan fingerprint density at radius 2 is 1.62 bits per heavy atom.